The summed E-state index contributed by atoms with van der Waals surface area (Å²) in [6.45, 7) is 4.09. The second-order valence-electron chi connectivity index (χ2n) is 5.15. The first-order chi connectivity index (χ1) is 10.1. The predicted octanol–water partition coefficient (Wildman–Crippen LogP) is 0.0761. The van der Waals surface area contributed by atoms with Gasteiger partial charge in [0.1, 0.15) is 6.61 Å². The lowest BCUT2D eigenvalue weighted by Crippen LogP contribution is -2.49. The molecular formula is C15H21N3O3. The van der Waals surface area contributed by atoms with Crippen LogP contribution in [0.25, 0.3) is 0 Å². The van der Waals surface area contributed by atoms with E-state index in [1.165, 1.54) is 7.11 Å². The van der Waals surface area contributed by atoms with Crippen LogP contribution in [0.5, 0.6) is 0 Å². The van der Waals surface area contributed by atoms with Crippen LogP contribution in [0.15, 0.2) is 24.3 Å². The fourth-order valence-corrected chi connectivity index (χ4v) is 2.40. The summed E-state index contributed by atoms with van der Waals surface area (Å²) in [5.74, 6) is -0.366. The van der Waals surface area contributed by atoms with Crippen LogP contribution in [0.2, 0.25) is 0 Å². The number of ether oxygens (including phenoxy) is 1. The van der Waals surface area contributed by atoms with Crippen LogP contribution in [-0.4, -0.2) is 61.5 Å². The molecule has 0 aliphatic carbocycles. The Morgan fingerprint density at radius 1 is 1.14 bits per heavy atom. The number of carbonyl (C=O) groups is 2. The van der Waals surface area contributed by atoms with E-state index in [0.29, 0.717) is 5.56 Å². The van der Waals surface area contributed by atoms with E-state index in [2.05, 4.69) is 4.90 Å². The second kappa shape index (κ2) is 7.19. The van der Waals surface area contributed by atoms with E-state index in [0.717, 1.165) is 38.3 Å². The number of primary amides is 1. The van der Waals surface area contributed by atoms with Gasteiger partial charge in [-0.3, -0.25) is 14.5 Å². The minimum absolute atomic E-state index is 0.0444. The van der Waals surface area contributed by atoms with Crippen LogP contribution in [-0.2, 0) is 16.1 Å². The van der Waals surface area contributed by atoms with E-state index in [1.54, 1.807) is 12.1 Å². The summed E-state index contributed by atoms with van der Waals surface area (Å²) >= 11 is 0. The predicted molar refractivity (Wildman–Crippen MR) is 78.7 cm³/mol. The number of nitrogens with two attached hydrogens (primary N) is 1. The summed E-state index contributed by atoms with van der Waals surface area (Å²) in [6.07, 6.45) is 0. The average molecular weight is 291 g/mol. The van der Waals surface area contributed by atoms with Gasteiger partial charge in [-0.15, -0.1) is 0 Å². The first kappa shape index (κ1) is 15.5. The third-order valence-corrected chi connectivity index (χ3v) is 3.64. The molecule has 0 saturated carbocycles. The highest BCUT2D eigenvalue weighted by Crippen LogP contribution is 2.10. The Kier molecular flexibility index (Phi) is 5.30. The molecule has 1 aromatic rings. The van der Waals surface area contributed by atoms with Crippen molar-refractivity contribution in [2.75, 3.05) is 39.9 Å². The minimum atomic E-state index is -0.410. The Balaban J connectivity index is 1.83. The first-order valence-corrected chi connectivity index (χ1v) is 6.98. The van der Waals surface area contributed by atoms with Gasteiger partial charge in [-0.05, 0) is 17.7 Å². The number of hydrogen-bond donors (Lipinski definition) is 1. The quantitative estimate of drug-likeness (QED) is 0.833. The van der Waals surface area contributed by atoms with Crippen LogP contribution in [0, 0.1) is 0 Å². The van der Waals surface area contributed by atoms with Gasteiger partial charge in [0.15, 0.2) is 0 Å². The van der Waals surface area contributed by atoms with Crippen molar-refractivity contribution in [3.63, 3.8) is 0 Å². The fourth-order valence-electron chi connectivity index (χ4n) is 2.40. The smallest absolute Gasteiger partial charge is 0.248 e. The second-order valence-corrected chi connectivity index (χ2v) is 5.15. The highest BCUT2D eigenvalue weighted by molar-refractivity contribution is 5.92. The maximum Gasteiger partial charge on any atom is 0.248 e. The summed E-state index contributed by atoms with van der Waals surface area (Å²) in [5.41, 5.74) is 6.88. The molecule has 6 heteroatoms. The monoisotopic (exact) mass is 291 g/mol. The summed E-state index contributed by atoms with van der Waals surface area (Å²) < 4.78 is 4.87. The molecule has 1 heterocycles. The Bertz CT molecular complexity index is 493. The van der Waals surface area contributed by atoms with E-state index in [9.17, 15) is 9.59 Å². The summed E-state index contributed by atoms with van der Waals surface area (Å²) in [6, 6.07) is 7.33. The molecule has 0 spiro atoms. The highest BCUT2D eigenvalue weighted by Gasteiger charge is 2.20. The molecule has 2 N–H and O–H groups in total. The van der Waals surface area contributed by atoms with Crippen molar-refractivity contribution in [3.8, 4) is 0 Å². The third kappa shape index (κ3) is 4.27. The van der Waals surface area contributed by atoms with Crippen molar-refractivity contribution in [1.82, 2.24) is 9.80 Å². The summed E-state index contributed by atoms with van der Waals surface area (Å²) in [5, 5.41) is 0. The molecule has 1 fully saturated rings. The zero-order valence-corrected chi connectivity index (χ0v) is 12.2. The molecule has 0 bridgehead atoms. The van der Waals surface area contributed by atoms with Crippen LogP contribution < -0.4 is 5.73 Å². The number of nitrogens with zero attached hydrogens (tertiary/aromatic N) is 2. The zero-order chi connectivity index (χ0) is 15.2. The normalized spacial score (nSPS) is 16.0. The Hall–Kier alpha value is -1.92. The third-order valence-electron chi connectivity index (χ3n) is 3.64. The number of carbonyl (C=O) groups excluding carboxylic acids is 2. The van der Waals surface area contributed by atoms with Gasteiger partial charge >= 0.3 is 0 Å². The molecule has 1 aliphatic heterocycles. The van der Waals surface area contributed by atoms with Gasteiger partial charge in [-0.1, -0.05) is 12.1 Å². The van der Waals surface area contributed by atoms with Gasteiger partial charge in [0.2, 0.25) is 11.8 Å². The lowest BCUT2D eigenvalue weighted by Gasteiger charge is -2.34. The van der Waals surface area contributed by atoms with Gasteiger partial charge in [-0.25, -0.2) is 0 Å². The maximum atomic E-state index is 11.7. The maximum absolute atomic E-state index is 11.7. The molecule has 21 heavy (non-hydrogen) atoms. The Morgan fingerprint density at radius 2 is 1.76 bits per heavy atom. The van der Waals surface area contributed by atoms with Gasteiger partial charge in [0.05, 0.1) is 0 Å². The lowest BCUT2D eigenvalue weighted by atomic mass is 10.1. The van der Waals surface area contributed by atoms with Crippen LogP contribution >= 0.6 is 0 Å². The van der Waals surface area contributed by atoms with Gasteiger partial charge < -0.3 is 15.4 Å². The van der Waals surface area contributed by atoms with E-state index >= 15 is 0 Å². The molecule has 0 radical (unpaired) electrons. The molecule has 114 valence electrons. The van der Waals surface area contributed by atoms with Crippen molar-refractivity contribution in [1.29, 1.82) is 0 Å². The molecule has 1 saturated heterocycles. The molecule has 1 aliphatic rings. The highest BCUT2D eigenvalue weighted by atomic mass is 16.5. The Labute approximate surface area is 124 Å². The van der Waals surface area contributed by atoms with Gasteiger partial charge in [0.25, 0.3) is 0 Å². The summed E-state index contributed by atoms with van der Waals surface area (Å²) in [4.78, 5) is 26.8. The van der Waals surface area contributed by atoms with Crippen LogP contribution in [0.4, 0.5) is 0 Å². The number of hydrogen-bond acceptors (Lipinski definition) is 4. The molecule has 0 atom stereocenters. The molecular weight excluding hydrogens is 270 g/mol. The van der Waals surface area contributed by atoms with Crippen molar-refractivity contribution in [3.05, 3.63) is 35.4 Å². The topological polar surface area (TPSA) is 75.9 Å². The molecule has 0 unspecified atom stereocenters. The Morgan fingerprint density at radius 3 is 2.29 bits per heavy atom. The molecule has 6 nitrogen and oxygen atoms in total. The average Bonchev–Trinajstić information content (AvgIpc) is 2.49. The van der Waals surface area contributed by atoms with Crippen LogP contribution in [0.1, 0.15) is 15.9 Å². The van der Waals surface area contributed by atoms with Crippen molar-refractivity contribution in [2.24, 2.45) is 5.73 Å². The van der Waals surface area contributed by atoms with Crippen molar-refractivity contribution in [2.45, 2.75) is 6.54 Å². The standard InChI is InChI=1S/C15H21N3O3/c1-21-11-14(19)18-8-6-17(7-9-18)10-12-2-4-13(5-3-12)15(16)20/h2-5H,6-11H2,1H3,(H2,16,20). The fraction of sp³-hybridized carbons (Fsp3) is 0.467. The molecule has 1 aromatic carbocycles. The molecule has 2 rings (SSSR count). The SMILES string of the molecule is COCC(=O)N1CCN(Cc2ccc(C(N)=O)cc2)CC1. The van der Waals surface area contributed by atoms with E-state index in [4.69, 9.17) is 10.5 Å². The zero-order valence-electron chi connectivity index (χ0n) is 12.2. The molecule has 0 aromatic heterocycles. The van der Waals surface area contributed by atoms with Crippen molar-refractivity contribution < 1.29 is 14.3 Å². The van der Waals surface area contributed by atoms with Crippen LogP contribution in [0.3, 0.4) is 0 Å². The first-order valence-electron chi connectivity index (χ1n) is 6.98. The number of methoxy groups -OCH3 is 1. The van der Waals surface area contributed by atoms with Gasteiger partial charge in [0, 0.05) is 45.4 Å². The minimum Gasteiger partial charge on any atom is -0.375 e. The lowest BCUT2D eigenvalue weighted by molar-refractivity contribution is -0.136. The van der Waals surface area contributed by atoms with E-state index in [-0.39, 0.29) is 12.5 Å². The number of piperazine rings is 1. The van der Waals surface area contributed by atoms with Gasteiger partial charge in [-0.2, -0.15) is 0 Å². The number of benzene rings is 1. The number of amides is 2. The largest absolute Gasteiger partial charge is 0.375 e. The summed E-state index contributed by atoms with van der Waals surface area (Å²) in [7, 11) is 1.53. The van der Waals surface area contributed by atoms with E-state index < -0.39 is 5.91 Å². The molecule has 2 amide bonds. The number of rotatable bonds is 5. The van der Waals surface area contributed by atoms with Crippen molar-refractivity contribution >= 4 is 11.8 Å². The van der Waals surface area contributed by atoms with E-state index in [1.807, 2.05) is 17.0 Å².